The second kappa shape index (κ2) is 8.00. The molecule has 0 aliphatic carbocycles. The third-order valence-electron chi connectivity index (χ3n) is 4.16. The number of amides is 1. The van der Waals surface area contributed by atoms with Crippen molar-refractivity contribution in [1.82, 2.24) is 19.7 Å². The van der Waals surface area contributed by atoms with Gasteiger partial charge in [-0.05, 0) is 42.8 Å². The van der Waals surface area contributed by atoms with Crippen LogP contribution in [0.25, 0.3) is 16.7 Å². The molecular formula is C20H16ClN5OS. The Hall–Kier alpha value is -2.90. The van der Waals surface area contributed by atoms with Crippen LogP contribution in [0.3, 0.4) is 0 Å². The first kappa shape index (κ1) is 18.5. The topological polar surface area (TPSA) is 72.7 Å². The summed E-state index contributed by atoms with van der Waals surface area (Å²) in [6.45, 7) is 1.96. The van der Waals surface area contributed by atoms with Crippen LogP contribution in [0.2, 0.25) is 5.02 Å². The van der Waals surface area contributed by atoms with E-state index in [4.69, 9.17) is 11.6 Å². The summed E-state index contributed by atoms with van der Waals surface area (Å²) in [7, 11) is 0. The number of halogens is 1. The van der Waals surface area contributed by atoms with Crippen LogP contribution in [0.1, 0.15) is 5.56 Å². The zero-order valence-corrected chi connectivity index (χ0v) is 16.5. The number of aromatic nitrogens is 4. The second-order valence-electron chi connectivity index (χ2n) is 6.10. The number of aryl methyl sites for hydroxylation is 1. The van der Waals surface area contributed by atoms with E-state index in [0.717, 1.165) is 22.3 Å². The van der Waals surface area contributed by atoms with Gasteiger partial charge in [-0.15, -0.1) is 0 Å². The van der Waals surface area contributed by atoms with Crippen LogP contribution in [0, 0.1) is 6.92 Å². The highest BCUT2D eigenvalue weighted by Gasteiger charge is 2.13. The molecule has 4 aromatic rings. The number of rotatable bonds is 5. The number of para-hydroxylation sites is 1. The molecule has 1 amide bonds. The minimum Gasteiger partial charge on any atom is -0.325 e. The Morgan fingerprint density at radius 3 is 2.71 bits per heavy atom. The van der Waals surface area contributed by atoms with Gasteiger partial charge in [-0.2, -0.15) is 5.10 Å². The van der Waals surface area contributed by atoms with Crippen molar-refractivity contribution in [3.8, 4) is 5.69 Å². The first-order valence-electron chi connectivity index (χ1n) is 8.55. The van der Waals surface area contributed by atoms with E-state index >= 15 is 0 Å². The zero-order valence-electron chi connectivity index (χ0n) is 15.0. The number of benzene rings is 2. The van der Waals surface area contributed by atoms with Crippen molar-refractivity contribution in [2.45, 2.75) is 11.9 Å². The van der Waals surface area contributed by atoms with Gasteiger partial charge < -0.3 is 5.32 Å². The Kier molecular flexibility index (Phi) is 5.27. The van der Waals surface area contributed by atoms with Crippen molar-refractivity contribution in [2.75, 3.05) is 11.1 Å². The summed E-state index contributed by atoms with van der Waals surface area (Å²) >= 11 is 7.32. The van der Waals surface area contributed by atoms with Gasteiger partial charge in [0.05, 0.1) is 23.0 Å². The van der Waals surface area contributed by atoms with Crippen LogP contribution < -0.4 is 5.32 Å². The van der Waals surface area contributed by atoms with Crippen molar-refractivity contribution in [3.63, 3.8) is 0 Å². The fourth-order valence-electron chi connectivity index (χ4n) is 2.74. The van der Waals surface area contributed by atoms with Crippen LogP contribution >= 0.6 is 23.4 Å². The molecule has 0 aliphatic rings. The quantitative estimate of drug-likeness (QED) is 0.388. The van der Waals surface area contributed by atoms with Crippen LogP contribution in [-0.4, -0.2) is 31.4 Å². The Bertz CT molecular complexity index is 1140. The van der Waals surface area contributed by atoms with Crippen molar-refractivity contribution in [2.24, 2.45) is 0 Å². The number of hydrogen-bond donors (Lipinski definition) is 1. The van der Waals surface area contributed by atoms with Gasteiger partial charge in [0.25, 0.3) is 0 Å². The maximum absolute atomic E-state index is 12.3. The summed E-state index contributed by atoms with van der Waals surface area (Å²) < 4.78 is 1.73. The predicted molar refractivity (Wildman–Crippen MR) is 112 cm³/mol. The van der Waals surface area contributed by atoms with Crippen LogP contribution in [0.4, 0.5) is 5.69 Å². The molecule has 4 rings (SSSR count). The fourth-order valence-corrected chi connectivity index (χ4v) is 3.63. The Morgan fingerprint density at radius 2 is 1.93 bits per heavy atom. The lowest BCUT2D eigenvalue weighted by molar-refractivity contribution is -0.113. The van der Waals surface area contributed by atoms with E-state index in [-0.39, 0.29) is 11.7 Å². The van der Waals surface area contributed by atoms with E-state index in [9.17, 15) is 4.79 Å². The number of nitrogens with one attached hydrogen (secondary N) is 1. The molecule has 140 valence electrons. The molecule has 6 nitrogen and oxygen atoms in total. The van der Waals surface area contributed by atoms with Gasteiger partial charge in [0, 0.05) is 10.7 Å². The van der Waals surface area contributed by atoms with E-state index in [1.165, 1.54) is 18.1 Å². The molecule has 1 N–H and O–H groups in total. The molecule has 2 heterocycles. The maximum atomic E-state index is 12.3. The third kappa shape index (κ3) is 3.85. The van der Waals surface area contributed by atoms with Gasteiger partial charge in [-0.3, -0.25) is 4.79 Å². The molecular weight excluding hydrogens is 394 g/mol. The molecule has 0 saturated heterocycles. The molecule has 0 bridgehead atoms. The zero-order chi connectivity index (χ0) is 19.5. The number of fused-ring (bicyclic) bond motifs is 1. The van der Waals surface area contributed by atoms with Crippen LogP contribution in [0.5, 0.6) is 0 Å². The number of carbonyl (C=O) groups is 1. The van der Waals surface area contributed by atoms with Crippen molar-refractivity contribution < 1.29 is 4.79 Å². The number of anilines is 1. The van der Waals surface area contributed by atoms with E-state index in [0.29, 0.717) is 15.7 Å². The normalized spacial score (nSPS) is 10.9. The summed E-state index contributed by atoms with van der Waals surface area (Å²) in [4.78, 5) is 21.0. The predicted octanol–water partition coefficient (Wildman–Crippen LogP) is 4.51. The lowest BCUT2D eigenvalue weighted by Crippen LogP contribution is -2.14. The second-order valence-corrected chi connectivity index (χ2v) is 7.50. The molecule has 28 heavy (non-hydrogen) atoms. The van der Waals surface area contributed by atoms with E-state index in [1.807, 2.05) is 43.3 Å². The third-order valence-corrected chi connectivity index (χ3v) is 5.42. The Labute approximate surface area is 171 Å². The lowest BCUT2D eigenvalue weighted by Gasteiger charge is -2.08. The molecule has 0 radical (unpaired) electrons. The molecule has 0 fully saturated rings. The Balaban J connectivity index is 1.52. The summed E-state index contributed by atoms with van der Waals surface area (Å²) in [5, 5.41) is 9.52. The molecule has 0 aliphatic heterocycles. The van der Waals surface area contributed by atoms with E-state index in [2.05, 4.69) is 20.4 Å². The van der Waals surface area contributed by atoms with E-state index in [1.54, 1.807) is 23.0 Å². The first-order chi connectivity index (χ1) is 13.6. The number of thioether (sulfide) groups is 1. The van der Waals surface area contributed by atoms with Gasteiger partial charge >= 0.3 is 0 Å². The standard InChI is InChI=1S/C20H16ClN5OS/c1-13-4-2-3-5-17(13)25-18(27)11-28-20-16-10-24-26(19(16)22-12-23-20)15-8-6-14(21)7-9-15/h2-10,12H,11H2,1H3,(H,25,27). The average Bonchev–Trinajstić information content (AvgIpc) is 3.13. The number of hydrogen-bond acceptors (Lipinski definition) is 5. The number of carbonyl (C=O) groups excluding carboxylic acids is 1. The van der Waals surface area contributed by atoms with Crippen molar-refractivity contribution in [1.29, 1.82) is 0 Å². The first-order valence-corrected chi connectivity index (χ1v) is 9.91. The smallest absolute Gasteiger partial charge is 0.234 e. The summed E-state index contributed by atoms with van der Waals surface area (Å²) in [5.74, 6) is 0.156. The molecule has 2 aromatic carbocycles. The van der Waals surface area contributed by atoms with E-state index < -0.39 is 0 Å². The number of nitrogens with zero attached hydrogens (tertiary/aromatic N) is 4. The monoisotopic (exact) mass is 409 g/mol. The molecule has 2 aromatic heterocycles. The molecule has 8 heteroatoms. The molecule has 0 spiro atoms. The highest BCUT2D eigenvalue weighted by molar-refractivity contribution is 8.00. The summed E-state index contributed by atoms with van der Waals surface area (Å²) in [5.41, 5.74) is 3.37. The minimum atomic E-state index is -0.0869. The molecule has 0 unspecified atom stereocenters. The van der Waals surface area contributed by atoms with Gasteiger partial charge in [-0.1, -0.05) is 41.6 Å². The average molecular weight is 410 g/mol. The van der Waals surface area contributed by atoms with Gasteiger partial charge in [0.1, 0.15) is 11.4 Å². The van der Waals surface area contributed by atoms with Gasteiger partial charge in [0.15, 0.2) is 5.65 Å². The molecule has 0 saturated carbocycles. The van der Waals surface area contributed by atoms with Crippen molar-refractivity contribution >= 4 is 46.0 Å². The fraction of sp³-hybridized carbons (Fsp3) is 0.100. The lowest BCUT2D eigenvalue weighted by atomic mass is 10.2. The summed E-state index contributed by atoms with van der Waals surface area (Å²) in [6, 6.07) is 15.0. The van der Waals surface area contributed by atoms with Crippen LogP contribution in [-0.2, 0) is 4.79 Å². The van der Waals surface area contributed by atoms with Crippen LogP contribution in [0.15, 0.2) is 66.1 Å². The highest BCUT2D eigenvalue weighted by atomic mass is 35.5. The summed E-state index contributed by atoms with van der Waals surface area (Å²) in [6.07, 6.45) is 3.20. The van der Waals surface area contributed by atoms with Gasteiger partial charge in [-0.25, -0.2) is 14.6 Å². The largest absolute Gasteiger partial charge is 0.325 e. The van der Waals surface area contributed by atoms with Crippen molar-refractivity contribution in [3.05, 3.63) is 71.6 Å². The molecule has 0 atom stereocenters. The maximum Gasteiger partial charge on any atom is 0.234 e. The SMILES string of the molecule is Cc1ccccc1NC(=O)CSc1ncnc2c1cnn2-c1ccc(Cl)cc1. The minimum absolute atomic E-state index is 0.0869. The highest BCUT2D eigenvalue weighted by Crippen LogP contribution is 2.26. The Morgan fingerprint density at radius 1 is 1.14 bits per heavy atom. The van der Waals surface area contributed by atoms with Gasteiger partial charge in [0.2, 0.25) is 5.91 Å².